The SMILES string of the molecule is CC(C)CONCc1cccc([N+](=O)[O-])c1C(=O)O. The second-order valence-electron chi connectivity index (χ2n) is 4.40. The molecule has 19 heavy (non-hydrogen) atoms. The topological polar surface area (TPSA) is 102 Å². The number of carboxylic acid groups (broad SMARTS) is 1. The van der Waals surface area contributed by atoms with E-state index in [2.05, 4.69) is 5.48 Å². The molecule has 0 aliphatic heterocycles. The minimum Gasteiger partial charge on any atom is -0.477 e. The molecule has 0 saturated heterocycles. The van der Waals surface area contributed by atoms with Crippen LogP contribution in [0.15, 0.2) is 18.2 Å². The second-order valence-corrected chi connectivity index (χ2v) is 4.40. The molecule has 0 aliphatic carbocycles. The van der Waals surface area contributed by atoms with Crippen molar-refractivity contribution in [1.82, 2.24) is 5.48 Å². The van der Waals surface area contributed by atoms with E-state index in [1.165, 1.54) is 18.2 Å². The number of benzene rings is 1. The largest absolute Gasteiger partial charge is 0.477 e. The summed E-state index contributed by atoms with van der Waals surface area (Å²) in [5.41, 5.74) is 2.19. The monoisotopic (exact) mass is 268 g/mol. The van der Waals surface area contributed by atoms with Crippen molar-refractivity contribution in [2.45, 2.75) is 20.4 Å². The fourth-order valence-electron chi connectivity index (χ4n) is 1.49. The zero-order valence-electron chi connectivity index (χ0n) is 10.8. The van der Waals surface area contributed by atoms with Crippen molar-refractivity contribution in [3.63, 3.8) is 0 Å². The molecule has 7 nitrogen and oxygen atoms in total. The summed E-state index contributed by atoms with van der Waals surface area (Å²) in [7, 11) is 0. The van der Waals surface area contributed by atoms with Crippen molar-refractivity contribution in [3.05, 3.63) is 39.4 Å². The summed E-state index contributed by atoms with van der Waals surface area (Å²) >= 11 is 0. The summed E-state index contributed by atoms with van der Waals surface area (Å²) < 4.78 is 0. The van der Waals surface area contributed by atoms with Crippen LogP contribution in [0, 0.1) is 16.0 Å². The highest BCUT2D eigenvalue weighted by Crippen LogP contribution is 2.22. The molecule has 0 atom stereocenters. The van der Waals surface area contributed by atoms with Gasteiger partial charge in [-0.15, -0.1) is 0 Å². The van der Waals surface area contributed by atoms with Crippen molar-refractivity contribution in [1.29, 1.82) is 0 Å². The lowest BCUT2D eigenvalue weighted by Crippen LogP contribution is -2.19. The summed E-state index contributed by atoms with van der Waals surface area (Å²) in [6.07, 6.45) is 0. The molecule has 104 valence electrons. The van der Waals surface area contributed by atoms with Crippen LogP contribution in [0.4, 0.5) is 5.69 Å². The van der Waals surface area contributed by atoms with E-state index in [1.54, 1.807) is 0 Å². The van der Waals surface area contributed by atoms with E-state index in [0.29, 0.717) is 18.1 Å². The van der Waals surface area contributed by atoms with Gasteiger partial charge in [-0.2, -0.15) is 5.48 Å². The Morgan fingerprint density at radius 3 is 2.74 bits per heavy atom. The molecule has 1 rings (SSSR count). The number of hydrogen-bond acceptors (Lipinski definition) is 5. The number of hydroxylamine groups is 1. The van der Waals surface area contributed by atoms with E-state index in [4.69, 9.17) is 9.94 Å². The number of nitro groups is 1. The van der Waals surface area contributed by atoms with Gasteiger partial charge in [-0.3, -0.25) is 10.1 Å². The van der Waals surface area contributed by atoms with Gasteiger partial charge in [0, 0.05) is 12.6 Å². The van der Waals surface area contributed by atoms with Gasteiger partial charge in [-0.25, -0.2) is 4.79 Å². The van der Waals surface area contributed by atoms with Gasteiger partial charge in [0.15, 0.2) is 0 Å². The Labute approximate surface area is 110 Å². The van der Waals surface area contributed by atoms with Gasteiger partial charge in [0.2, 0.25) is 0 Å². The molecule has 0 amide bonds. The third-order valence-electron chi connectivity index (χ3n) is 2.32. The van der Waals surface area contributed by atoms with Gasteiger partial charge in [0.1, 0.15) is 5.56 Å². The predicted octanol–water partition coefficient (Wildman–Crippen LogP) is 1.97. The van der Waals surface area contributed by atoms with Crippen molar-refractivity contribution in [2.24, 2.45) is 5.92 Å². The minimum absolute atomic E-state index is 0.0933. The molecule has 2 N–H and O–H groups in total. The highest BCUT2D eigenvalue weighted by Gasteiger charge is 2.23. The molecular formula is C12H16N2O5. The summed E-state index contributed by atoms with van der Waals surface area (Å²) in [6.45, 7) is 4.50. The van der Waals surface area contributed by atoms with Gasteiger partial charge < -0.3 is 9.94 Å². The highest BCUT2D eigenvalue weighted by atomic mass is 16.6. The molecule has 0 fully saturated rings. The maximum atomic E-state index is 11.1. The summed E-state index contributed by atoms with van der Waals surface area (Å²) in [5, 5.41) is 19.9. The summed E-state index contributed by atoms with van der Waals surface area (Å²) in [6, 6.07) is 4.13. The fraction of sp³-hybridized carbons (Fsp3) is 0.417. The number of nitrogens with one attached hydrogen (secondary N) is 1. The Morgan fingerprint density at radius 2 is 2.21 bits per heavy atom. The average molecular weight is 268 g/mol. The Morgan fingerprint density at radius 1 is 1.53 bits per heavy atom. The molecule has 0 spiro atoms. The molecule has 7 heteroatoms. The van der Waals surface area contributed by atoms with Crippen LogP contribution in [-0.2, 0) is 11.4 Å². The fourth-order valence-corrected chi connectivity index (χ4v) is 1.49. The van der Waals surface area contributed by atoms with Crippen molar-refractivity contribution >= 4 is 11.7 Å². The van der Waals surface area contributed by atoms with Crippen LogP contribution in [0.2, 0.25) is 0 Å². The number of carboxylic acids is 1. The van der Waals surface area contributed by atoms with E-state index < -0.39 is 16.6 Å². The molecule has 0 aliphatic rings. The first-order valence-corrected chi connectivity index (χ1v) is 5.77. The first-order chi connectivity index (χ1) is 8.93. The van der Waals surface area contributed by atoms with Crippen LogP contribution >= 0.6 is 0 Å². The normalized spacial score (nSPS) is 10.7. The summed E-state index contributed by atoms with van der Waals surface area (Å²) in [5.74, 6) is -0.996. The first-order valence-electron chi connectivity index (χ1n) is 5.77. The maximum Gasteiger partial charge on any atom is 0.343 e. The van der Waals surface area contributed by atoms with Crippen LogP contribution < -0.4 is 5.48 Å². The van der Waals surface area contributed by atoms with Crippen LogP contribution in [0.5, 0.6) is 0 Å². The third-order valence-corrected chi connectivity index (χ3v) is 2.32. The van der Waals surface area contributed by atoms with E-state index in [0.717, 1.165) is 0 Å². The predicted molar refractivity (Wildman–Crippen MR) is 67.7 cm³/mol. The molecule has 0 heterocycles. The number of carbonyl (C=O) groups is 1. The maximum absolute atomic E-state index is 11.1. The molecule has 0 radical (unpaired) electrons. The van der Waals surface area contributed by atoms with Gasteiger partial charge in [0.05, 0.1) is 11.5 Å². The lowest BCUT2D eigenvalue weighted by molar-refractivity contribution is -0.385. The third kappa shape index (κ3) is 4.31. The van der Waals surface area contributed by atoms with Gasteiger partial charge in [-0.1, -0.05) is 26.0 Å². The highest BCUT2D eigenvalue weighted by molar-refractivity contribution is 5.94. The molecule has 1 aromatic carbocycles. The number of hydrogen-bond donors (Lipinski definition) is 2. The van der Waals surface area contributed by atoms with Gasteiger partial charge >= 0.3 is 5.97 Å². The van der Waals surface area contributed by atoms with Crippen LogP contribution in [0.25, 0.3) is 0 Å². The Kier molecular flexibility index (Phi) is 5.40. The molecule has 0 saturated carbocycles. The van der Waals surface area contributed by atoms with Crippen molar-refractivity contribution < 1.29 is 19.7 Å². The van der Waals surface area contributed by atoms with E-state index in [9.17, 15) is 14.9 Å². The van der Waals surface area contributed by atoms with Gasteiger partial charge in [0.25, 0.3) is 5.69 Å². The van der Waals surface area contributed by atoms with Crippen LogP contribution in [-0.4, -0.2) is 22.6 Å². The molecule has 0 bridgehead atoms. The zero-order chi connectivity index (χ0) is 14.4. The van der Waals surface area contributed by atoms with Crippen molar-refractivity contribution in [2.75, 3.05) is 6.61 Å². The van der Waals surface area contributed by atoms with Crippen molar-refractivity contribution in [3.8, 4) is 0 Å². The molecule has 0 unspecified atom stereocenters. The lowest BCUT2D eigenvalue weighted by Gasteiger charge is -2.10. The zero-order valence-corrected chi connectivity index (χ0v) is 10.8. The van der Waals surface area contributed by atoms with Crippen LogP contribution in [0.1, 0.15) is 29.8 Å². The second kappa shape index (κ2) is 6.81. The minimum atomic E-state index is -1.33. The van der Waals surface area contributed by atoms with E-state index >= 15 is 0 Å². The van der Waals surface area contributed by atoms with E-state index in [-0.39, 0.29) is 12.1 Å². The number of aromatic carboxylic acids is 1. The lowest BCUT2D eigenvalue weighted by atomic mass is 10.1. The first kappa shape index (κ1) is 15.1. The van der Waals surface area contributed by atoms with Gasteiger partial charge in [-0.05, 0) is 11.5 Å². The number of nitrogens with zero attached hydrogens (tertiary/aromatic N) is 1. The number of nitro benzene ring substituents is 1. The standard InChI is InChI=1S/C12H16N2O5/c1-8(2)7-19-13-6-9-4-3-5-10(14(17)18)11(9)12(15)16/h3-5,8,13H,6-7H2,1-2H3,(H,15,16). The van der Waals surface area contributed by atoms with E-state index in [1.807, 2.05) is 13.8 Å². The number of rotatable bonds is 7. The average Bonchev–Trinajstić information content (AvgIpc) is 2.33. The quantitative estimate of drug-likeness (QED) is 0.445. The Hall–Kier alpha value is -1.99. The Bertz CT molecular complexity index is 473. The summed E-state index contributed by atoms with van der Waals surface area (Å²) in [4.78, 5) is 26.3. The Balaban J connectivity index is 2.85. The smallest absolute Gasteiger partial charge is 0.343 e. The molecule has 1 aromatic rings. The molecule has 0 aromatic heterocycles. The molecular weight excluding hydrogens is 252 g/mol. The van der Waals surface area contributed by atoms with Crippen LogP contribution in [0.3, 0.4) is 0 Å².